The minimum absolute atomic E-state index is 0.0296. The second-order valence-corrected chi connectivity index (χ2v) is 8.80. The number of hydrogen-bond acceptors (Lipinski definition) is 4. The Kier molecular flexibility index (Phi) is 7.95. The zero-order valence-corrected chi connectivity index (χ0v) is 18.9. The van der Waals surface area contributed by atoms with Crippen molar-refractivity contribution in [3.8, 4) is 11.3 Å². The highest BCUT2D eigenvalue weighted by molar-refractivity contribution is 5.95. The number of benzene rings is 1. The third-order valence-electron chi connectivity index (χ3n) is 5.94. The van der Waals surface area contributed by atoms with E-state index in [1.165, 1.54) is 17.0 Å². The first kappa shape index (κ1) is 26.1. The van der Waals surface area contributed by atoms with Crippen molar-refractivity contribution in [2.75, 3.05) is 6.54 Å². The molecule has 0 aliphatic heterocycles. The van der Waals surface area contributed by atoms with Crippen LogP contribution in [0.2, 0.25) is 0 Å². The molecule has 1 aliphatic rings. The Morgan fingerprint density at radius 2 is 1.74 bits per heavy atom. The summed E-state index contributed by atoms with van der Waals surface area (Å²) in [6.07, 6.45) is -6.35. The Labute approximate surface area is 193 Å². The van der Waals surface area contributed by atoms with Gasteiger partial charge in [-0.05, 0) is 38.8 Å². The zero-order valence-electron chi connectivity index (χ0n) is 18.9. The molecule has 2 aromatic rings. The molecule has 0 atom stereocenters. The van der Waals surface area contributed by atoms with Crippen LogP contribution in [-0.2, 0) is 12.7 Å². The van der Waals surface area contributed by atoms with E-state index < -0.39 is 30.2 Å². The molecule has 0 radical (unpaired) electrons. The average molecular weight is 491 g/mol. The summed E-state index contributed by atoms with van der Waals surface area (Å²) in [7, 11) is 0. The van der Waals surface area contributed by atoms with Crippen molar-refractivity contribution in [2.45, 2.75) is 76.9 Å². The predicted molar refractivity (Wildman–Crippen MR) is 113 cm³/mol. The van der Waals surface area contributed by atoms with E-state index in [0.717, 1.165) is 37.8 Å². The van der Waals surface area contributed by atoms with E-state index in [-0.39, 0.29) is 47.8 Å². The Balaban J connectivity index is 1.95. The summed E-state index contributed by atoms with van der Waals surface area (Å²) in [5.41, 5.74) is -0.439. The molecule has 1 fully saturated rings. The van der Waals surface area contributed by atoms with E-state index in [4.69, 9.17) is 4.52 Å². The van der Waals surface area contributed by atoms with E-state index in [2.05, 4.69) is 10.5 Å². The summed E-state index contributed by atoms with van der Waals surface area (Å²) in [4.78, 5) is 14.5. The fourth-order valence-corrected chi connectivity index (χ4v) is 3.99. The molecule has 1 saturated carbocycles. The summed E-state index contributed by atoms with van der Waals surface area (Å²) in [6, 6.07) is 3.82. The molecule has 1 N–H and O–H groups in total. The molecule has 11 heteroatoms. The van der Waals surface area contributed by atoms with Gasteiger partial charge in [-0.2, -0.15) is 26.3 Å². The van der Waals surface area contributed by atoms with Crippen LogP contribution in [0.4, 0.5) is 26.3 Å². The second-order valence-electron chi connectivity index (χ2n) is 8.80. The van der Waals surface area contributed by atoms with E-state index >= 15 is 0 Å². The number of halogens is 6. The molecule has 3 rings (SSSR count). The van der Waals surface area contributed by atoms with Crippen LogP contribution >= 0.6 is 0 Å². The van der Waals surface area contributed by atoms with Gasteiger partial charge in [-0.25, -0.2) is 0 Å². The van der Waals surface area contributed by atoms with Gasteiger partial charge >= 0.3 is 12.4 Å². The summed E-state index contributed by atoms with van der Waals surface area (Å²) in [5, 5.41) is 6.75. The van der Waals surface area contributed by atoms with Crippen molar-refractivity contribution in [1.29, 1.82) is 0 Å². The van der Waals surface area contributed by atoms with Crippen LogP contribution in [0, 0.1) is 0 Å². The molecule has 1 heterocycles. The number of alkyl halides is 6. The van der Waals surface area contributed by atoms with Crippen molar-refractivity contribution in [1.82, 2.24) is 15.4 Å². The zero-order chi connectivity index (χ0) is 25.1. The van der Waals surface area contributed by atoms with Gasteiger partial charge in [-0.15, -0.1) is 0 Å². The number of aromatic nitrogens is 1. The minimum Gasteiger partial charge on any atom is -0.355 e. The number of rotatable bonds is 8. The highest BCUT2D eigenvalue weighted by atomic mass is 19.4. The minimum atomic E-state index is -4.53. The third-order valence-corrected chi connectivity index (χ3v) is 5.94. The van der Waals surface area contributed by atoms with Crippen LogP contribution in [-0.4, -0.2) is 40.8 Å². The van der Waals surface area contributed by atoms with Gasteiger partial charge < -0.3 is 9.84 Å². The van der Waals surface area contributed by atoms with Gasteiger partial charge in [0.15, 0.2) is 11.5 Å². The molecule has 1 aliphatic carbocycles. The summed E-state index contributed by atoms with van der Waals surface area (Å²) in [6.45, 7) is 3.05. The molecule has 0 bridgehead atoms. The van der Waals surface area contributed by atoms with Crippen molar-refractivity contribution in [2.24, 2.45) is 0 Å². The van der Waals surface area contributed by atoms with Gasteiger partial charge in [0.25, 0.3) is 5.91 Å². The van der Waals surface area contributed by atoms with Crippen molar-refractivity contribution >= 4 is 5.91 Å². The number of nitrogens with zero attached hydrogens (tertiary/aromatic N) is 2. The largest absolute Gasteiger partial charge is 0.416 e. The topological polar surface area (TPSA) is 58.4 Å². The predicted octanol–water partition coefficient (Wildman–Crippen LogP) is 6.20. The maximum atomic E-state index is 13.0. The highest BCUT2D eigenvalue weighted by Gasteiger charge is 2.33. The third kappa shape index (κ3) is 6.74. The molecule has 0 unspecified atom stereocenters. The summed E-state index contributed by atoms with van der Waals surface area (Å²) < 4.78 is 82.8. The Morgan fingerprint density at radius 3 is 2.26 bits per heavy atom. The molecule has 1 aromatic heterocycles. The lowest BCUT2D eigenvalue weighted by molar-refractivity contribution is -0.139. The lowest BCUT2D eigenvalue weighted by atomic mass is 10.0. The van der Waals surface area contributed by atoms with Crippen LogP contribution in [0.3, 0.4) is 0 Å². The second kappa shape index (κ2) is 10.4. The molecule has 0 saturated heterocycles. The van der Waals surface area contributed by atoms with Crippen LogP contribution in [0.25, 0.3) is 11.3 Å². The lowest BCUT2D eigenvalue weighted by Gasteiger charge is -2.27. The van der Waals surface area contributed by atoms with Crippen LogP contribution in [0.15, 0.2) is 28.8 Å². The summed E-state index contributed by atoms with van der Waals surface area (Å²) >= 11 is 0. The van der Waals surface area contributed by atoms with Gasteiger partial charge in [0, 0.05) is 36.3 Å². The van der Waals surface area contributed by atoms with Gasteiger partial charge in [0.1, 0.15) is 0 Å². The standard InChI is InChI=1S/C23H27F6N3O2/c1-14(2)32(12-11-22(24,25)26)13-18-19(21(33)30-17-5-3-4-6-17)31-34-20(18)15-7-9-16(10-8-15)23(27,28)29/h7-10,14,17H,3-6,11-13H2,1-2H3,(H,30,33). The van der Waals surface area contributed by atoms with E-state index in [0.29, 0.717) is 0 Å². The monoisotopic (exact) mass is 491 g/mol. The Morgan fingerprint density at radius 1 is 1.12 bits per heavy atom. The fraction of sp³-hybridized carbons (Fsp3) is 0.565. The molecular formula is C23H27F6N3O2. The van der Waals surface area contributed by atoms with Gasteiger partial charge in [-0.1, -0.05) is 30.1 Å². The van der Waals surface area contributed by atoms with Gasteiger partial charge in [-0.3, -0.25) is 9.69 Å². The number of carbonyl (C=O) groups excluding carboxylic acids is 1. The van der Waals surface area contributed by atoms with Crippen molar-refractivity contribution in [3.05, 3.63) is 41.1 Å². The van der Waals surface area contributed by atoms with Crippen LogP contribution in [0.1, 0.15) is 67.6 Å². The maximum absolute atomic E-state index is 13.0. The van der Waals surface area contributed by atoms with Crippen molar-refractivity contribution < 1.29 is 35.7 Å². The van der Waals surface area contributed by atoms with E-state index in [9.17, 15) is 31.1 Å². The molecule has 5 nitrogen and oxygen atoms in total. The first-order valence-corrected chi connectivity index (χ1v) is 11.1. The SMILES string of the molecule is CC(C)N(CCC(F)(F)F)Cc1c(C(=O)NC2CCCC2)noc1-c1ccc(C(F)(F)F)cc1. The molecule has 188 valence electrons. The number of hydrogen-bond donors (Lipinski definition) is 1. The van der Waals surface area contributed by atoms with Gasteiger partial charge in [0.2, 0.25) is 0 Å². The molecule has 1 amide bonds. The van der Waals surface area contributed by atoms with Gasteiger partial charge in [0.05, 0.1) is 12.0 Å². The first-order valence-electron chi connectivity index (χ1n) is 11.1. The Bertz CT molecular complexity index is 961. The first-order chi connectivity index (χ1) is 15.8. The average Bonchev–Trinajstić information content (AvgIpc) is 3.39. The van der Waals surface area contributed by atoms with Crippen LogP contribution < -0.4 is 5.32 Å². The number of carbonyl (C=O) groups is 1. The fourth-order valence-electron chi connectivity index (χ4n) is 3.99. The highest BCUT2D eigenvalue weighted by Crippen LogP contribution is 2.34. The number of amides is 1. The number of nitrogens with one attached hydrogen (secondary N) is 1. The normalized spacial score (nSPS) is 15.5. The summed E-state index contributed by atoms with van der Waals surface area (Å²) in [5.74, 6) is -0.453. The maximum Gasteiger partial charge on any atom is 0.416 e. The van der Waals surface area contributed by atoms with E-state index in [1.54, 1.807) is 13.8 Å². The lowest BCUT2D eigenvalue weighted by Crippen LogP contribution is -2.36. The Hall–Kier alpha value is -2.56. The quantitative estimate of drug-likeness (QED) is 0.447. The smallest absolute Gasteiger partial charge is 0.355 e. The van der Waals surface area contributed by atoms with Crippen LogP contribution in [0.5, 0.6) is 0 Å². The molecule has 34 heavy (non-hydrogen) atoms. The molecule has 1 aromatic carbocycles. The molecular weight excluding hydrogens is 464 g/mol. The van der Waals surface area contributed by atoms with E-state index in [1.807, 2.05) is 0 Å². The van der Waals surface area contributed by atoms with Crippen molar-refractivity contribution in [3.63, 3.8) is 0 Å². The molecule has 0 spiro atoms.